The zero-order valence-electron chi connectivity index (χ0n) is 45.0. The fourth-order valence-corrected chi connectivity index (χ4v) is 7.64. The number of nitrogens with one attached hydrogen (secondary N) is 10. The lowest BCUT2D eigenvalue weighted by molar-refractivity contribution is -0.142. The van der Waals surface area contributed by atoms with Crippen LogP contribution in [0.15, 0.2) is 30.5 Å². The Morgan fingerprint density at radius 1 is 0.476 bits per heavy atom. The molecule has 0 aliphatic rings. The van der Waals surface area contributed by atoms with Crippen molar-refractivity contribution in [1.29, 1.82) is 0 Å². The Labute approximate surface area is 468 Å². The van der Waals surface area contributed by atoms with E-state index in [1.54, 1.807) is 30.5 Å². The summed E-state index contributed by atoms with van der Waals surface area (Å²) in [5.74, 6) is -16.2. The van der Waals surface area contributed by atoms with E-state index in [9.17, 15) is 87.5 Å². The number of primary amides is 2. The molecule has 0 bridgehead atoms. The molecular formula is C49H74N14O19. The number of carbonyl (C=O) groups is 14. The van der Waals surface area contributed by atoms with Crippen molar-refractivity contribution in [2.45, 2.75) is 151 Å². The third kappa shape index (κ3) is 24.3. The number of rotatable bonds is 39. The topological polar surface area (TPSA) is 568 Å². The third-order valence-corrected chi connectivity index (χ3v) is 12.3. The number of carboxylic acids is 3. The molecule has 2 aromatic rings. The van der Waals surface area contributed by atoms with Crippen molar-refractivity contribution >= 4 is 93.8 Å². The van der Waals surface area contributed by atoms with Crippen LogP contribution >= 0.6 is 0 Å². The number of hydrogen-bond acceptors (Lipinski definition) is 18. The highest BCUT2D eigenvalue weighted by molar-refractivity contribution is 5.99. The predicted molar refractivity (Wildman–Crippen MR) is 284 cm³/mol. The van der Waals surface area contributed by atoms with Gasteiger partial charge in [0.1, 0.15) is 60.4 Å². The number of aliphatic hydroxyl groups excluding tert-OH is 2. The molecule has 454 valence electrons. The minimum atomic E-state index is -1.82. The van der Waals surface area contributed by atoms with E-state index in [4.69, 9.17) is 28.0 Å². The summed E-state index contributed by atoms with van der Waals surface area (Å²) in [5.41, 5.74) is 23.0. The predicted octanol–water partition coefficient (Wildman–Crippen LogP) is -7.10. The lowest BCUT2D eigenvalue weighted by Crippen LogP contribution is -2.60. The molecule has 11 amide bonds. The number of unbranched alkanes of at least 4 members (excludes halogenated alkanes) is 1. The first kappa shape index (κ1) is 69.3. The maximum atomic E-state index is 14.1. The van der Waals surface area contributed by atoms with Gasteiger partial charge in [0.25, 0.3) is 0 Å². The molecule has 0 saturated heterocycles. The zero-order chi connectivity index (χ0) is 61.8. The van der Waals surface area contributed by atoms with E-state index in [0.29, 0.717) is 22.9 Å². The highest BCUT2D eigenvalue weighted by Crippen LogP contribution is 2.20. The monoisotopic (exact) mass is 1160 g/mol. The Morgan fingerprint density at radius 3 is 1.30 bits per heavy atom. The van der Waals surface area contributed by atoms with E-state index in [0.717, 1.165) is 6.92 Å². The number of carboxylic acid groups (broad SMARTS) is 3. The van der Waals surface area contributed by atoms with Crippen molar-refractivity contribution in [3.8, 4) is 0 Å². The van der Waals surface area contributed by atoms with Crippen LogP contribution in [0.2, 0.25) is 0 Å². The lowest BCUT2D eigenvalue weighted by atomic mass is 10.0. The number of hydrogen-bond donors (Lipinski definition) is 19. The van der Waals surface area contributed by atoms with Gasteiger partial charge in [-0.15, -0.1) is 0 Å². The normalized spacial score (nSPS) is 14.7. The Balaban J connectivity index is 2.42. The van der Waals surface area contributed by atoms with E-state index in [1.165, 1.54) is 6.92 Å². The van der Waals surface area contributed by atoms with Gasteiger partial charge in [-0.2, -0.15) is 0 Å². The number of aliphatic carboxylic acids is 3. The number of aromatic amines is 1. The fraction of sp³-hybridized carbons (Fsp3) is 0.551. The molecule has 0 aliphatic carbocycles. The average Bonchev–Trinajstić information content (AvgIpc) is 3.98. The average molecular weight is 1160 g/mol. The number of aliphatic hydroxyl groups is 2. The number of nitrogens with two attached hydrogens (primary N) is 4. The summed E-state index contributed by atoms with van der Waals surface area (Å²) < 4.78 is 0. The van der Waals surface area contributed by atoms with Gasteiger partial charge in [-0.25, -0.2) is 0 Å². The fourth-order valence-electron chi connectivity index (χ4n) is 7.64. The standard InChI is InChI=1S/C49H74N14O19/c1-23(55-42(74)29(9-5-6-18-50)58-45(77)33(13-17-39(70)71)61-48(80)35(22-65)63-41(73)27(51)21-64)40(72)57-32(12-16-38(68)69)44(76)59-30(10-14-36(52)66)43(75)60-31(11-15-37(53)67)46(78)62-34(47(79)56-24(2)49(81)82)19-25-20-54-28-8-4-3-7-26(25)28/h3-4,7-8,20,23-24,27,29-35,54,64-65H,5-6,9-19,21-22,50-51H2,1-2H3,(H2,52,66)(H2,53,67)(H,55,74)(H,56,79)(H,57,72)(H,58,77)(H,59,76)(H,60,75)(H,61,80)(H,62,78)(H,63,73)(H,68,69)(H,70,71)(H,81,82)/t23-,24-,27-,29-,30-,31-,32-,33-,34-,35-/m0/s1. The van der Waals surface area contributed by atoms with E-state index in [2.05, 4.69) is 52.8 Å². The van der Waals surface area contributed by atoms with E-state index < -0.39 is 208 Å². The first-order valence-electron chi connectivity index (χ1n) is 25.8. The first-order valence-corrected chi connectivity index (χ1v) is 25.8. The van der Waals surface area contributed by atoms with Gasteiger partial charge in [-0.05, 0) is 77.0 Å². The Morgan fingerprint density at radius 2 is 0.866 bits per heavy atom. The zero-order valence-corrected chi connectivity index (χ0v) is 45.0. The van der Waals surface area contributed by atoms with Crippen molar-refractivity contribution < 1.29 is 92.7 Å². The van der Waals surface area contributed by atoms with E-state index in [-0.39, 0.29) is 25.8 Å². The van der Waals surface area contributed by atoms with Crippen LogP contribution < -0.4 is 70.8 Å². The van der Waals surface area contributed by atoms with Crippen LogP contribution in [0.3, 0.4) is 0 Å². The number of H-pyrrole nitrogens is 1. The number of benzene rings is 1. The molecular weight excluding hydrogens is 1090 g/mol. The van der Waals surface area contributed by atoms with Gasteiger partial charge in [-0.3, -0.25) is 67.1 Å². The quantitative estimate of drug-likeness (QED) is 0.0277. The molecule has 10 atom stereocenters. The van der Waals surface area contributed by atoms with Crippen molar-refractivity contribution in [1.82, 2.24) is 52.8 Å². The van der Waals surface area contributed by atoms with Gasteiger partial charge >= 0.3 is 17.9 Å². The summed E-state index contributed by atoms with van der Waals surface area (Å²) in [5, 5.41) is 68.6. The van der Waals surface area contributed by atoms with E-state index in [1.807, 2.05) is 0 Å². The first-order chi connectivity index (χ1) is 38.6. The van der Waals surface area contributed by atoms with Gasteiger partial charge in [0, 0.05) is 49.2 Å². The minimum absolute atomic E-state index is 0.132. The van der Waals surface area contributed by atoms with Crippen molar-refractivity contribution in [3.05, 3.63) is 36.0 Å². The molecule has 0 aliphatic heterocycles. The SMILES string of the molecule is C[C@H](NC(=O)[C@H](Cc1c[nH]c2ccccc12)NC(=O)[C@H](CCC(N)=O)NC(=O)[C@H](CCC(N)=O)NC(=O)[C@H](CCC(=O)O)NC(=O)[C@H](C)NC(=O)[C@H](CCCCN)NC(=O)[C@H](CCC(=O)O)NC(=O)[C@H](CO)NC(=O)[C@@H](N)CO)C(=O)O. The second kappa shape index (κ2) is 35.0. The van der Waals surface area contributed by atoms with Crippen LogP contribution in [-0.2, 0) is 73.5 Å². The molecule has 0 unspecified atom stereocenters. The van der Waals surface area contributed by atoms with Crippen LogP contribution in [0.25, 0.3) is 10.9 Å². The largest absolute Gasteiger partial charge is 0.481 e. The molecule has 0 fully saturated rings. The highest BCUT2D eigenvalue weighted by Gasteiger charge is 2.35. The summed E-state index contributed by atoms with van der Waals surface area (Å²) in [4.78, 5) is 184. The third-order valence-electron chi connectivity index (χ3n) is 12.3. The maximum absolute atomic E-state index is 14.1. The van der Waals surface area contributed by atoms with Gasteiger partial charge in [0.2, 0.25) is 65.0 Å². The van der Waals surface area contributed by atoms with Gasteiger partial charge in [-0.1, -0.05) is 18.2 Å². The highest BCUT2D eigenvalue weighted by atomic mass is 16.4. The number of amides is 11. The number of carbonyl (C=O) groups excluding carboxylic acids is 11. The molecule has 1 aromatic carbocycles. The Bertz CT molecular complexity index is 2620. The number of para-hydroxylation sites is 1. The van der Waals surface area contributed by atoms with Crippen molar-refractivity contribution in [2.24, 2.45) is 22.9 Å². The van der Waals surface area contributed by atoms with Crippen LogP contribution in [0.1, 0.15) is 90.0 Å². The molecule has 23 N–H and O–H groups in total. The molecule has 33 nitrogen and oxygen atoms in total. The van der Waals surface area contributed by atoms with Crippen LogP contribution in [-0.4, -0.2) is 194 Å². The molecule has 82 heavy (non-hydrogen) atoms. The van der Waals surface area contributed by atoms with Gasteiger partial charge in [0.15, 0.2) is 0 Å². The summed E-state index contributed by atoms with van der Waals surface area (Å²) in [6.07, 6.45) is -3.25. The number of fused-ring (bicyclic) bond motifs is 1. The maximum Gasteiger partial charge on any atom is 0.325 e. The number of aromatic nitrogens is 1. The van der Waals surface area contributed by atoms with Crippen molar-refractivity contribution in [3.63, 3.8) is 0 Å². The Hall–Kier alpha value is -8.82. The van der Waals surface area contributed by atoms with E-state index >= 15 is 0 Å². The smallest absolute Gasteiger partial charge is 0.325 e. The summed E-state index contributed by atoms with van der Waals surface area (Å²) in [6, 6.07) is -9.43. The summed E-state index contributed by atoms with van der Waals surface area (Å²) in [6.45, 7) is 0.566. The molecule has 33 heteroatoms. The van der Waals surface area contributed by atoms with Crippen LogP contribution in [0, 0.1) is 0 Å². The van der Waals surface area contributed by atoms with Crippen LogP contribution in [0.4, 0.5) is 0 Å². The van der Waals surface area contributed by atoms with Crippen LogP contribution in [0.5, 0.6) is 0 Å². The Kier molecular flexibility index (Phi) is 29.6. The second-order valence-corrected chi connectivity index (χ2v) is 18.9. The van der Waals surface area contributed by atoms with Gasteiger partial charge < -0.3 is 101 Å². The minimum Gasteiger partial charge on any atom is -0.481 e. The summed E-state index contributed by atoms with van der Waals surface area (Å²) in [7, 11) is 0. The molecule has 1 heterocycles. The molecule has 1 aromatic heterocycles. The molecule has 0 radical (unpaired) electrons. The van der Waals surface area contributed by atoms with Crippen molar-refractivity contribution in [2.75, 3.05) is 19.8 Å². The molecule has 0 spiro atoms. The lowest BCUT2D eigenvalue weighted by Gasteiger charge is -2.27. The molecule has 2 rings (SSSR count). The van der Waals surface area contributed by atoms with Gasteiger partial charge in [0.05, 0.1) is 13.2 Å². The molecule has 0 saturated carbocycles. The second-order valence-electron chi connectivity index (χ2n) is 18.9. The summed E-state index contributed by atoms with van der Waals surface area (Å²) >= 11 is 0.